The van der Waals surface area contributed by atoms with E-state index >= 15 is 0 Å². The van der Waals surface area contributed by atoms with Crippen LogP contribution in [0.1, 0.15) is 52.4 Å². The first kappa shape index (κ1) is 15.2. The van der Waals surface area contributed by atoms with Crippen LogP contribution in [0.2, 0.25) is 0 Å². The molecule has 3 heteroatoms. The van der Waals surface area contributed by atoms with Crippen LogP contribution in [0.3, 0.4) is 0 Å². The summed E-state index contributed by atoms with van der Waals surface area (Å²) in [6.07, 6.45) is 7.07. The average molecular weight is 208 g/mol. The molecule has 0 fully saturated rings. The van der Waals surface area contributed by atoms with E-state index in [1.807, 2.05) is 6.92 Å². The van der Waals surface area contributed by atoms with E-state index in [1.54, 1.807) is 0 Å². The highest BCUT2D eigenvalue weighted by Gasteiger charge is 1.95. The molecule has 0 radical (unpaired) electrons. The molecule has 0 aliphatic carbocycles. The summed E-state index contributed by atoms with van der Waals surface area (Å²) >= 11 is 0. The van der Waals surface area contributed by atoms with Gasteiger partial charge in [-0.05, 0) is 13.3 Å². The van der Waals surface area contributed by atoms with E-state index in [4.69, 9.17) is 10.1 Å². The Labute approximate surface area is 88.0 Å². The van der Waals surface area contributed by atoms with E-state index in [0.717, 1.165) is 12.8 Å². The minimum absolute atomic E-state index is 0. The van der Waals surface area contributed by atoms with Crippen molar-refractivity contribution in [3.8, 4) is 0 Å². The zero-order valence-corrected chi connectivity index (χ0v) is 9.58. The van der Waals surface area contributed by atoms with Crippen molar-refractivity contribution in [2.75, 3.05) is 6.61 Å². The van der Waals surface area contributed by atoms with Crippen LogP contribution in [0.5, 0.6) is 0 Å². The summed E-state index contributed by atoms with van der Waals surface area (Å²) in [4.78, 5) is 0. The molecule has 0 spiro atoms. The van der Waals surface area contributed by atoms with Gasteiger partial charge in [0.05, 0.1) is 6.61 Å². The van der Waals surface area contributed by atoms with Gasteiger partial charge in [0.2, 0.25) is 0 Å². The zero-order valence-electron chi connectivity index (χ0n) is 8.77. The summed E-state index contributed by atoms with van der Waals surface area (Å²) in [6, 6.07) is 0. The molecule has 0 aliphatic rings. The van der Waals surface area contributed by atoms with Crippen molar-refractivity contribution in [2.24, 2.45) is 0 Å². The summed E-state index contributed by atoms with van der Waals surface area (Å²) in [7, 11) is 0. The van der Waals surface area contributed by atoms with E-state index in [9.17, 15) is 0 Å². The fourth-order valence-corrected chi connectivity index (χ4v) is 1.14. The highest BCUT2D eigenvalue weighted by atomic mass is 35.5. The lowest BCUT2D eigenvalue weighted by Crippen LogP contribution is -2.01. The molecule has 0 aromatic heterocycles. The molecule has 0 aromatic rings. The lowest BCUT2D eigenvalue weighted by atomic mass is 10.1. The largest absolute Gasteiger partial charge is 0.481 e. The molecule has 0 bridgehead atoms. The van der Waals surface area contributed by atoms with Crippen LogP contribution in [-0.4, -0.2) is 12.5 Å². The molecule has 2 nitrogen and oxygen atoms in total. The number of hydrogen-bond acceptors (Lipinski definition) is 2. The Bertz CT molecular complexity index is 117. The van der Waals surface area contributed by atoms with E-state index in [2.05, 4.69) is 6.92 Å². The minimum Gasteiger partial charge on any atom is -0.481 e. The van der Waals surface area contributed by atoms with Gasteiger partial charge in [-0.2, -0.15) is 0 Å². The normalized spacial score (nSPS) is 9.08. The van der Waals surface area contributed by atoms with Crippen molar-refractivity contribution in [1.29, 1.82) is 5.41 Å². The first-order valence-electron chi connectivity index (χ1n) is 5.01. The molecule has 0 saturated carbocycles. The Balaban J connectivity index is 0. The van der Waals surface area contributed by atoms with E-state index in [0.29, 0.717) is 12.5 Å². The van der Waals surface area contributed by atoms with Gasteiger partial charge in [0.25, 0.3) is 0 Å². The Morgan fingerprint density at radius 3 is 2.23 bits per heavy atom. The van der Waals surface area contributed by atoms with Gasteiger partial charge in [-0.3, -0.25) is 5.41 Å². The summed E-state index contributed by atoms with van der Waals surface area (Å²) in [5.74, 6) is 0.453. The van der Waals surface area contributed by atoms with Crippen LogP contribution in [-0.2, 0) is 4.74 Å². The van der Waals surface area contributed by atoms with Crippen LogP contribution >= 0.6 is 12.4 Å². The number of hydrogen-bond donors (Lipinski definition) is 1. The topological polar surface area (TPSA) is 33.1 Å². The van der Waals surface area contributed by atoms with Gasteiger partial charge >= 0.3 is 0 Å². The maximum atomic E-state index is 7.35. The molecule has 0 heterocycles. The summed E-state index contributed by atoms with van der Waals surface area (Å²) < 4.78 is 5.03. The second-order valence-electron chi connectivity index (χ2n) is 3.02. The van der Waals surface area contributed by atoms with Gasteiger partial charge in [-0.15, -0.1) is 12.4 Å². The second kappa shape index (κ2) is 11.8. The second-order valence-corrected chi connectivity index (χ2v) is 3.02. The summed E-state index contributed by atoms with van der Waals surface area (Å²) in [5.41, 5.74) is 0. The van der Waals surface area contributed by atoms with Crippen molar-refractivity contribution < 1.29 is 4.74 Å². The van der Waals surface area contributed by atoms with E-state index in [-0.39, 0.29) is 12.4 Å². The molecule has 0 saturated heterocycles. The zero-order chi connectivity index (χ0) is 9.23. The highest BCUT2D eigenvalue weighted by Crippen LogP contribution is 2.05. The van der Waals surface area contributed by atoms with Crippen LogP contribution in [0, 0.1) is 5.41 Å². The van der Waals surface area contributed by atoms with Gasteiger partial charge in [0, 0.05) is 6.42 Å². The molecule has 0 atom stereocenters. The Morgan fingerprint density at radius 2 is 1.69 bits per heavy atom. The molecule has 0 rings (SSSR count). The van der Waals surface area contributed by atoms with Crippen LogP contribution in [0.4, 0.5) is 0 Å². The van der Waals surface area contributed by atoms with Gasteiger partial charge in [-0.25, -0.2) is 0 Å². The minimum atomic E-state index is 0. The van der Waals surface area contributed by atoms with Crippen molar-refractivity contribution in [3.63, 3.8) is 0 Å². The number of halogens is 1. The molecule has 0 unspecified atom stereocenters. The number of unbranched alkanes of at least 4 members (excludes halogenated alkanes) is 4. The van der Waals surface area contributed by atoms with Gasteiger partial charge in [0.1, 0.15) is 0 Å². The Hall–Kier alpha value is -0.240. The number of nitrogens with one attached hydrogen (secondary N) is 1. The summed E-state index contributed by atoms with van der Waals surface area (Å²) in [6.45, 7) is 4.77. The highest BCUT2D eigenvalue weighted by molar-refractivity contribution is 5.85. The predicted molar refractivity (Wildman–Crippen MR) is 60.0 cm³/mol. The standard InChI is InChI=1S/C10H21NO.ClH/c1-3-5-6-7-8-9-10(11)12-4-2;/h11H,3-9H2,1-2H3;1H. The van der Waals surface area contributed by atoms with Crippen molar-refractivity contribution >= 4 is 18.3 Å². The maximum Gasteiger partial charge on any atom is 0.180 e. The number of ether oxygens (including phenoxy) is 1. The van der Waals surface area contributed by atoms with Crippen molar-refractivity contribution in [3.05, 3.63) is 0 Å². The maximum absolute atomic E-state index is 7.35. The number of rotatable bonds is 7. The quantitative estimate of drug-likeness (QED) is 0.385. The predicted octanol–water partition coefficient (Wildman–Crippen LogP) is 3.78. The third-order valence-electron chi connectivity index (χ3n) is 1.83. The third-order valence-corrected chi connectivity index (χ3v) is 1.83. The van der Waals surface area contributed by atoms with Crippen LogP contribution in [0.25, 0.3) is 0 Å². The molecule has 0 aliphatic heterocycles. The molecule has 80 valence electrons. The molecular formula is C10H22ClNO. The lowest BCUT2D eigenvalue weighted by molar-refractivity contribution is 0.312. The monoisotopic (exact) mass is 207 g/mol. The van der Waals surface area contributed by atoms with E-state index in [1.165, 1.54) is 25.7 Å². The fraction of sp³-hybridized carbons (Fsp3) is 0.900. The first-order valence-corrected chi connectivity index (χ1v) is 5.01. The molecule has 1 N–H and O–H groups in total. The van der Waals surface area contributed by atoms with Gasteiger partial charge < -0.3 is 4.74 Å². The average Bonchev–Trinajstić information content (AvgIpc) is 2.05. The van der Waals surface area contributed by atoms with Crippen LogP contribution < -0.4 is 0 Å². The third kappa shape index (κ3) is 11.8. The smallest absolute Gasteiger partial charge is 0.180 e. The van der Waals surface area contributed by atoms with E-state index < -0.39 is 0 Å². The Morgan fingerprint density at radius 1 is 1.08 bits per heavy atom. The summed E-state index contributed by atoms with van der Waals surface area (Å²) in [5, 5.41) is 7.35. The van der Waals surface area contributed by atoms with Gasteiger partial charge in [-0.1, -0.05) is 32.6 Å². The SMILES string of the molecule is CCCCCCCC(=N)OCC.Cl. The van der Waals surface area contributed by atoms with Gasteiger partial charge in [0.15, 0.2) is 5.90 Å². The molecule has 0 aromatic carbocycles. The lowest BCUT2D eigenvalue weighted by Gasteiger charge is -2.03. The van der Waals surface area contributed by atoms with Crippen molar-refractivity contribution in [2.45, 2.75) is 52.4 Å². The first-order chi connectivity index (χ1) is 5.81. The molecule has 0 amide bonds. The molecular weight excluding hydrogens is 186 g/mol. The van der Waals surface area contributed by atoms with Crippen molar-refractivity contribution in [1.82, 2.24) is 0 Å². The Kier molecular flexibility index (Phi) is 13.8. The molecule has 13 heavy (non-hydrogen) atoms. The fourth-order valence-electron chi connectivity index (χ4n) is 1.14. The van der Waals surface area contributed by atoms with Crippen LogP contribution in [0.15, 0.2) is 0 Å².